The van der Waals surface area contributed by atoms with Gasteiger partial charge in [0.2, 0.25) is 0 Å². The molecule has 5 nitrogen and oxygen atoms in total. The number of hydrogen-bond donors (Lipinski definition) is 3. The van der Waals surface area contributed by atoms with Crippen LogP contribution >= 0.6 is 0 Å². The zero-order valence-corrected chi connectivity index (χ0v) is 12.0. The van der Waals surface area contributed by atoms with Crippen molar-refractivity contribution < 1.29 is 19.8 Å². The Bertz CT molecular complexity index is 612. The molecule has 0 aliphatic heterocycles. The lowest BCUT2D eigenvalue weighted by Gasteiger charge is -2.26. The van der Waals surface area contributed by atoms with Crippen LogP contribution in [0.15, 0.2) is 0 Å². The highest BCUT2D eigenvalue weighted by Gasteiger charge is 2.27. The Hall–Kier alpha value is -2.06. The normalized spacial score (nSPS) is 16.9. The molecule has 0 unspecified atom stereocenters. The minimum absolute atomic E-state index is 0.0209. The third-order valence-electron chi connectivity index (χ3n) is 3.92. The first kappa shape index (κ1) is 15.3. The largest absolute Gasteiger partial charge is 0.478 e. The maximum absolute atomic E-state index is 11.3. The van der Waals surface area contributed by atoms with Crippen LogP contribution in [0.25, 0.3) is 0 Å². The van der Waals surface area contributed by atoms with Gasteiger partial charge in [0.25, 0.3) is 0 Å². The molecule has 1 aliphatic rings. The maximum atomic E-state index is 11.3. The Morgan fingerprint density at radius 1 is 1.38 bits per heavy atom. The lowest BCUT2D eigenvalue weighted by Crippen LogP contribution is -2.29. The Kier molecular flexibility index (Phi) is 4.49. The fourth-order valence-electron chi connectivity index (χ4n) is 2.79. The van der Waals surface area contributed by atoms with Gasteiger partial charge in [0, 0.05) is 5.56 Å². The van der Waals surface area contributed by atoms with Crippen LogP contribution in [0.4, 0.5) is 0 Å². The number of carbonyl (C=O) groups is 2. The molecule has 0 atom stereocenters. The van der Waals surface area contributed by atoms with Gasteiger partial charge in [-0.05, 0) is 38.0 Å². The number of hydrogen-bond acceptors (Lipinski definition) is 3. The molecule has 2 rings (SSSR count). The summed E-state index contributed by atoms with van der Waals surface area (Å²) in [4.78, 5) is 25.0. The molecule has 112 valence electrons. The molecule has 0 spiro atoms. The predicted octanol–water partition coefficient (Wildman–Crippen LogP) is 2.13. The van der Waals surface area contributed by atoms with Crippen molar-refractivity contribution in [1.82, 2.24) is 4.98 Å². The highest BCUT2D eigenvalue weighted by molar-refractivity contribution is 5.98. The van der Waals surface area contributed by atoms with E-state index < -0.39 is 11.6 Å². The van der Waals surface area contributed by atoms with Gasteiger partial charge in [-0.1, -0.05) is 19.3 Å². The predicted molar refractivity (Wildman–Crippen MR) is 77.4 cm³/mol. The summed E-state index contributed by atoms with van der Waals surface area (Å²) in [7, 11) is 0. The summed E-state index contributed by atoms with van der Waals surface area (Å²) in [5.74, 6) is 4.56. The number of aromatic nitrogens is 1. The second-order valence-electron chi connectivity index (χ2n) is 5.39. The highest BCUT2D eigenvalue weighted by atomic mass is 16.4. The van der Waals surface area contributed by atoms with Crippen molar-refractivity contribution in [2.75, 3.05) is 0 Å². The van der Waals surface area contributed by atoms with Gasteiger partial charge in [0.1, 0.15) is 5.60 Å². The van der Waals surface area contributed by atoms with Crippen molar-refractivity contribution in [2.45, 2.75) is 51.0 Å². The first-order valence-corrected chi connectivity index (χ1v) is 7.19. The molecule has 1 aromatic rings. The molecule has 3 N–H and O–H groups in total. The summed E-state index contributed by atoms with van der Waals surface area (Å²) in [6.07, 6.45) is 5.19. The van der Waals surface area contributed by atoms with Crippen LogP contribution in [0.2, 0.25) is 0 Å². The van der Waals surface area contributed by atoms with Gasteiger partial charge in [0.05, 0.1) is 17.0 Å². The Balaban J connectivity index is 2.41. The Morgan fingerprint density at radius 3 is 2.57 bits per heavy atom. The van der Waals surface area contributed by atoms with Crippen molar-refractivity contribution in [3.63, 3.8) is 0 Å². The van der Waals surface area contributed by atoms with E-state index in [1.54, 1.807) is 0 Å². The third-order valence-corrected chi connectivity index (χ3v) is 3.92. The summed E-state index contributed by atoms with van der Waals surface area (Å²) < 4.78 is 0. The minimum Gasteiger partial charge on any atom is -0.478 e. The number of rotatable bonds is 3. The number of carbonyl (C=O) groups excluding carboxylic acids is 1. The highest BCUT2D eigenvalue weighted by Crippen LogP contribution is 2.27. The standard InChI is InChI=1S/C16H19NO4/c1-2-11-12(17-13(10-18)14(11)15(19)20)6-9-16(21)7-4-3-5-8-16/h10,17,21H,2-5,7-8H2,1H3,(H,19,20). The molecule has 0 radical (unpaired) electrons. The molecule has 21 heavy (non-hydrogen) atoms. The number of carboxylic acid groups (broad SMARTS) is 1. The molecule has 0 bridgehead atoms. The molecule has 0 saturated heterocycles. The van der Waals surface area contributed by atoms with Gasteiger partial charge >= 0.3 is 5.97 Å². The van der Waals surface area contributed by atoms with E-state index in [9.17, 15) is 19.8 Å². The Labute approximate surface area is 123 Å². The lowest BCUT2D eigenvalue weighted by atomic mass is 9.85. The van der Waals surface area contributed by atoms with Gasteiger partial charge in [-0.15, -0.1) is 0 Å². The van der Waals surface area contributed by atoms with Crippen molar-refractivity contribution in [3.05, 3.63) is 22.5 Å². The van der Waals surface area contributed by atoms with E-state index in [4.69, 9.17) is 0 Å². The molecule has 1 saturated carbocycles. The third kappa shape index (κ3) is 3.17. The second kappa shape index (κ2) is 6.15. The van der Waals surface area contributed by atoms with Crippen LogP contribution in [-0.2, 0) is 6.42 Å². The van der Waals surface area contributed by atoms with Gasteiger partial charge < -0.3 is 15.2 Å². The van der Waals surface area contributed by atoms with Crippen LogP contribution in [0.1, 0.15) is 71.1 Å². The molecule has 1 heterocycles. The SMILES string of the molecule is CCc1c(C#CC2(O)CCCCC2)[nH]c(C=O)c1C(=O)O. The number of H-pyrrole nitrogens is 1. The number of nitrogens with one attached hydrogen (secondary N) is 1. The molecule has 0 aromatic carbocycles. The van der Waals surface area contributed by atoms with E-state index in [0.29, 0.717) is 36.8 Å². The molecule has 1 fully saturated rings. The molecule has 5 heteroatoms. The number of aromatic amines is 1. The summed E-state index contributed by atoms with van der Waals surface area (Å²) in [5.41, 5.74) is -0.0711. The number of aliphatic hydroxyl groups is 1. The topological polar surface area (TPSA) is 90.4 Å². The zero-order valence-electron chi connectivity index (χ0n) is 12.0. The van der Waals surface area contributed by atoms with Crippen molar-refractivity contribution >= 4 is 12.3 Å². The summed E-state index contributed by atoms with van der Waals surface area (Å²) in [5, 5.41) is 19.6. The quantitative estimate of drug-likeness (QED) is 0.587. The van der Waals surface area contributed by atoms with E-state index in [0.717, 1.165) is 19.3 Å². The molecule has 0 amide bonds. The number of aldehydes is 1. The van der Waals surface area contributed by atoms with E-state index >= 15 is 0 Å². The summed E-state index contributed by atoms with van der Waals surface area (Å²) in [6.45, 7) is 1.81. The smallest absolute Gasteiger partial charge is 0.338 e. The molecular weight excluding hydrogens is 270 g/mol. The van der Waals surface area contributed by atoms with Crippen LogP contribution in [0.5, 0.6) is 0 Å². The van der Waals surface area contributed by atoms with Crippen LogP contribution in [-0.4, -0.2) is 33.1 Å². The van der Waals surface area contributed by atoms with E-state index in [-0.39, 0.29) is 11.3 Å². The lowest BCUT2D eigenvalue weighted by molar-refractivity contribution is 0.0609. The molecule has 1 aliphatic carbocycles. The average Bonchev–Trinajstić information content (AvgIpc) is 2.84. The maximum Gasteiger partial charge on any atom is 0.338 e. The van der Waals surface area contributed by atoms with Gasteiger partial charge in [0.15, 0.2) is 6.29 Å². The van der Waals surface area contributed by atoms with Gasteiger partial charge in [-0.3, -0.25) is 4.79 Å². The van der Waals surface area contributed by atoms with E-state index in [1.165, 1.54) is 0 Å². The zero-order chi connectivity index (χ0) is 15.5. The van der Waals surface area contributed by atoms with Crippen LogP contribution in [0, 0.1) is 11.8 Å². The first-order chi connectivity index (χ1) is 10.0. The van der Waals surface area contributed by atoms with Gasteiger partial charge in [-0.25, -0.2) is 4.79 Å². The van der Waals surface area contributed by atoms with Crippen molar-refractivity contribution in [2.24, 2.45) is 0 Å². The van der Waals surface area contributed by atoms with Crippen LogP contribution in [0.3, 0.4) is 0 Å². The fourth-order valence-corrected chi connectivity index (χ4v) is 2.79. The summed E-state index contributed by atoms with van der Waals surface area (Å²) in [6, 6.07) is 0. The van der Waals surface area contributed by atoms with E-state index in [1.807, 2.05) is 6.92 Å². The first-order valence-electron chi connectivity index (χ1n) is 7.19. The summed E-state index contributed by atoms with van der Waals surface area (Å²) >= 11 is 0. The molecular formula is C16H19NO4. The fraction of sp³-hybridized carbons (Fsp3) is 0.500. The number of carboxylic acids is 1. The van der Waals surface area contributed by atoms with Crippen molar-refractivity contribution in [1.29, 1.82) is 0 Å². The van der Waals surface area contributed by atoms with Crippen LogP contribution < -0.4 is 0 Å². The second-order valence-corrected chi connectivity index (χ2v) is 5.39. The monoisotopic (exact) mass is 289 g/mol. The number of aromatic carboxylic acids is 1. The minimum atomic E-state index is -1.14. The molecule has 1 aromatic heterocycles. The van der Waals surface area contributed by atoms with E-state index in [2.05, 4.69) is 16.8 Å². The van der Waals surface area contributed by atoms with Crippen molar-refractivity contribution in [3.8, 4) is 11.8 Å². The van der Waals surface area contributed by atoms with Gasteiger partial charge in [-0.2, -0.15) is 0 Å². The Morgan fingerprint density at radius 2 is 2.05 bits per heavy atom. The average molecular weight is 289 g/mol.